The second kappa shape index (κ2) is 4.78. The fraction of sp³-hybridized carbons (Fsp3) is 0.333. The molecule has 0 bridgehead atoms. The van der Waals surface area contributed by atoms with Crippen LogP contribution in [-0.4, -0.2) is 27.3 Å². The summed E-state index contributed by atoms with van der Waals surface area (Å²) in [6.07, 6.45) is 1.94. The molecule has 0 nitrogen and oxygen atoms in total. The Hall–Kier alpha value is 0.779. The average molecular weight is 200 g/mol. The summed E-state index contributed by atoms with van der Waals surface area (Å²) in [5, 5.41) is 1.19. The molecule has 0 heterocycles. The van der Waals surface area contributed by atoms with E-state index in [2.05, 4.69) is 20.8 Å². The van der Waals surface area contributed by atoms with E-state index in [-0.39, 0.29) is 0 Å². The van der Waals surface area contributed by atoms with Gasteiger partial charge in [0.25, 0.3) is 0 Å². The molecule has 0 fully saturated rings. The first-order valence-electron chi connectivity index (χ1n) is 1.29. The van der Waals surface area contributed by atoms with Gasteiger partial charge in [-0.2, -0.15) is 0 Å². The van der Waals surface area contributed by atoms with Crippen molar-refractivity contribution in [2.24, 2.45) is 0 Å². The van der Waals surface area contributed by atoms with Gasteiger partial charge in [0.15, 0.2) is 0 Å². The van der Waals surface area contributed by atoms with Gasteiger partial charge in [-0.15, -0.1) is 0 Å². The summed E-state index contributed by atoms with van der Waals surface area (Å²) in [6, 6.07) is 0. The van der Waals surface area contributed by atoms with E-state index in [0.717, 1.165) is 13.1 Å². The molecule has 0 N–H and O–H groups in total. The van der Waals surface area contributed by atoms with E-state index in [4.69, 9.17) is 0 Å². The molecule has 30 valence electrons. The van der Waals surface area contributed by atoms with E-state index in [1.54, 1.807) is 0 Å². The zero-order valence-corrected chi connectivity index (χ0v) is 6.44. The molecule has 0 aliphatic carbocycles. The molecule has 0 aromatic rings. The van der Waals surface area contributed by atoms with Crippen molar-refractivity contribution in [2.45, 2.75) is 5.32 Å². The second-order valence-electron chi connectivity index (χ2n) is 0.584. The van der Waals surface area contributed by atoms with E-state index in [9.17, 15) is 0 Å². The van der Waals surface area contributed by atoms with Crippen LogP contribution >= 0.6 is 0 Å². The quantitative estimate of drug-likeness (QED) is 0.438. The average Bonchev–Trinajstić information content (AvgIpc) is 1.41. The Morgan fingerprint density at radius 3 is 2.60 bits per heavy atom. The molecule has 0 aromatic carbocycles. The summed E-state index contributed by atoms with van der Waals surface area (Å²) in [4.78, 5) is 0. The molecular formula is C3H6Se2. The van der Waals surface area contributed by atoms with Gasteiger partial charge in [0.2, 0.25) is 0 Å². The standard InChI is InChI=1S/C3H6Se2/c1-2-3-5-4/h2,4H,1,3H2. The molecule has 0 saturated heterocycles. The van der Waals surface area contributed by atoms with E-state index in [0.29, 0.717) is 0 Å². The van der Waals surface area contributed by atoms with E-state index >= 15 is 0 Å². The number of allylic oxidation sites excluding steroid dienone is 1. The van der Waals surface area contributed by atoms with Crippen LogP contribution in [0.1, 0.15) is 0 Å². The Morgan fingerprint density at radius 2 is 2.60 bits per heavy atom. The van der Waals surface area contributed by atoms with E-state index < -0.39 is 0 Å². The van der Waals surface area contributed by atoms with Gasteiger partial charge in [0.05, 0.1) is 0 Å². The normalized spacial score (nSPS) is 7.40. The molecule has 0 aliphatic rings. The fourth-order valence-corrected chi connectivity index (χ4v) is 1.42. The molecule has 0 aliphatic heterocycles. The summed E-state index contributed by atoms with van der Waals surface area (Å²) in [5.41, 5.74) is 0. The Kier molecular flexibility index (Phi) is 5.52. The van der Waals surface area contributed by atoms with Gasteiger partial charge in [-0.1, -0.05) is 0 Å². The van der Waals surface area contributed by atoms with Crippen molar-refractivity contribution in [1.29, 1.82) is 0 Å². The van der Waals surface area contributed by atoms with Gasteiger partial charge < -0.3 is 0 Å². The molecule has 0 radical (unpaired) electrons. The van der Waals surface area contributed by atoms with E-state index in [1.165, 1.54) is 5.32 Å². The number of hydrogen-bond acceptors (Lipinski definition) is 0. The maximum absolute atomic E-state index is 3.56. The predicted octanol–water partition coefficient (Wildman–Crippen LogP) is 0.111. The van der Waals surface area contributed by atoms with Crippen LogP contribution < -0.4 is 0 Å². The molecule has 0 aromatic heterocycles. The van der Waals surface area contributed by atoms with E-state index in [1.807, 2.05) is 6.08 Å². The Balaban J connectivity index is 2.40. The SMILES string of the molecule is C=CC[Se][SeH]. The summed E-state index contributed by atoms with van der Waals surface area (Å²) >= 11 is 3.31. The monoisotopic (exact) mass is 202 g/mol. The Labute approximate surface area is 45.5 Å². The molecule has 0 rings (SSSR count). The van der Waals surface area contributed by atoms with Gasteiger partial charge in [-0.25, -0.2) is 0 Å². The van der Waals surface area contributed by atoms with Gasteiger partial charge in [0, 0.05) is 0 Å². The Bertz CT molecular complexity index is 26.1. The Morgan fingerprint density at radius 1 is 2.00 bits per heavy atom. The third kappa shape index (κ3) is 4.78. The van der Waals surface area contributed by atoms with Crippen molar-refractivity contribution in [3.63, 3.8) is 0 Å². The second-order valence-corrected chi connectivity index (χ2v) is 4.64. The molecular weight excluding hydrogens is 194 g/mol. The molecule has 0 unspecified atom stereocenters. The van der Waals surface area contributed by atoms with Gasteiger partial charge in [0.1, 0.15) is 0 Å². The van der Waals surface area contributed by atoms with Gasteiger partial charge >= 0.3 is 45.3 Å². The van der Waals surface area contributed by atoms with Crippen molar-refractivity contribution >= 4 is 27.3 Å². The first-order valence-corrected chi connectivity index (χ1v) is 7.25. The number of hydrogen-bond donors (Lipinski definition) is 0. The third-order valence-electron chi connectivity index (χ3n) is 0.192. The zero-order valence-electron chi connectivity index (χ0n) is 2.85. The topological polar surface area (TPSA) is 0 Å². The van der Waals surface area contributed by atoms with Crippen LogP contribution in [0.15, 0.2) is 12.7 Å². The minimum atomic E-state index is 0.745. The van der Waals surface area contributed by atoms with Crippen LogP contribution in [0.2, 0.25) is 5.32 Å². The molecule has 0 spiro atoms. The fourth-order valence-electron chi connectivity index (χ4n) is 0.0527. The summed E-state index contributed by atoms with van der Waals surface area (Å²) < 4.78 is 0. The van der Waals surface area contributed by atoms with Crippen LogP contribution in [0.25, 0.3) is 0 Å². The van der Waals surface area contributed by atoms with Crippen molar-refractivity contribution in [3.05, 3.63) is 12.7 Å². The van der Waals surface area contributed by atoms with Crippen LogP contribution in [0.4, 0.5) is 0 Å². The van der Waals surface area contributed by atoms with Crippen LogP contribution in [0.3, 0.4) is 0 Å². The molecule has 0 atom stereocenters. The van der Waals surface area contributed by atoms with Crippen LogP contribution in [0.5, 0.6) is 0 Å². The first kappa shape index (κ1) is 5.78. The van der Waals surface area contributed by atoms with Crippen LogP contribution in [-0.2, 0) is 0 Å². The summed E-state index contributed by atoms with van der Waals surface area (Å²) in [5.74, 6) is 0. The molecule has 0 saturated carbocycles. The third-order valence-corrected chi connectivity index (χ3v) is 2.62. The van der Waals surface area contributed by atoms with Gasteiger partial charge in [-0.3, -0.25) is 0 Å². The van der Waals surface area contributed by atoms with Gasteiger partial charge in [-0.05, 0) is 0 Å². The van der Waals surface area contributed by atoms with Crippen molar-refractivity contribution in [1.82, 2.24) is 0 Å². The summed E-state index contributed by atoms with van der Waals surface area (Å²) in [6.45, 7) is 3.56. The van der Waals surface area contributed by atoms with Crippen LogP contribution in [0, 0.1) is 0 Å². The van der Waals surface area contributed by atoms with Crippen molar-refractivity contribution in [3.8, 4) is 0 Å². The van der Waals surface area contributed by atoms with Crippen molar-refractivity contribution < 1.29 is 0 Å². The predicted molar refractivity (Wildman–Crippen MR) is 27.9 cm³/mol. The minimum absolute atomic E-state index is 0.745. The molecule has 0 amide bonds. The molecule has 2 heteroatoms. The molecule has 5 heavy (non-hydrogen) atoms. The van der Waals surface area contributed by atoms with Crippen molar-refractivity contribution in [2.75, 3.05) is 0 Å². The number of rotatable bonds is 2. The maximum atomic E-state index is 3.56. The first-order chi connectivity index (χ1) is 2.41. The zero-order chi connectivity index (χ0) is 4.12. The summed E-state index contributed by atoms with van der Waals surface area (Å²) in [7, 11) is 0.